The lowest BCUT2D eigenvalue weighted by Crippen LogP contribution is -2.18. The first kappa shape index (κ1) is 20.7. The number of unbranched alkanes of at least 4 members (excludes halogenated alkanes) is 3. The fourth-order valence-electron chi connectivity index (χ4n) is 2.80. The van der Waals surface area contributed by atoms with E-state index in [1.54, 1.807) is 24.3 Å². The van der Waals surface area contributed by atoms with Crippen molar-refractivity contribution < 1.29 is 19.1 Å². The molecule has 27 heavy (non-hydrogen) atoms. The number of esters is 2. The van der Waals surface area contributed by atoms with E-state index in [0.29, 0.717) is 0 Å². The van der Waals surface area contributed by atoms with Crippen LogP contribution in [0.25, 0.3) is 0 Å². The summed E-state index contributed by atoms with van der Waals surface area (Å²) in [5.74, 6) is -1.01. The van der Waals surface area contributed by atoms with Crippen molar-refractivity contribution in [1.29, 1.82) is 0 Å². The molecule has 0 N–H and O–H groups in total. The average Bonchev–Trinajstić information content (AvgIpc) is 2.70. The van der Waals surface area contributed by atoms with Crippen molar-refractivity contribution in [3.63, 3.8) is 0 Å². The van der Waals surface area contributed by atoms with Crippen LogP contribution in [-0.2, 0) is 16.1 Å². The summed E-state index contributed by atoms with van der Waals surface area (Å²) >= 11 is 0. The fourth-order valence-corrected chi connectivity index (χ4v) is 2.80. The lowest BCUT2D eigenvalue weighted by Gasteiger charge is -2.15. The second-order valence-corrected chi connectivity index (χ2v) is 6.67. The molecule has 0 bridgehead atoms. The van der Waals surface area contributed by atoms with Crippen LogP contribution >= 0.6 is 0 Å². The molecule has 0 saturated heterocycles. The van der Waals surface area contributed by atoms with Gasteiger partial charge in [0.1, 0.15) is 6.61 Å². The monoisotopic (exact) mass is 368 g/mol. The molecule has 1 atom stereocenters. The Kier molecular flexibility index (Phi) is 8.56. The minimum Gasteiger partial charge on any atom is -0.459 e. The third-order valence-electron chi connectivity index (χ3n) is 4.35. The molecule has 4 nitrogen and oxygen atoms in total. The summed E-state index contributed by atoms with van der Waals surface area (Å²) in [5.41, 5.74) is 1.37. The van der Waals surface area contributed by atoms with E-state index in [-0.39, 0.29) is 23.8 Å². The van der Waals surface area contributed by atoms with Crippen LogP contribution in [0.2, 0.25) is 0 Å². The first-order valence-electron chi connectivity index (χ1n) is 9.63. The van der Waals surface area contributed by atoms with Crippen LogP contribution in [0.4, 0.5) is 0 Å². The van der Waals surface area contributed by atoms with Gasteiger partial charge in [-0.1, -0.05) is 68.7 Å². The van der Waals surface area contributed by atoms with Crippen molar-refractivity contribution in [3.8, 4) is 0 Å². The molecule has 0 amide bonds. The van der Waals surface area contributed by atoms with Crippen molar-refractivity contribution in [2.75, 3.05) is 0 Å². The highest BCUT2D eigenvalue weighted by Crippen LogP contribution is 2.16. The molecule has 2 aromatic rings. The van der Waals surface area contributed by atoms with Crippen LogP contribution in [0.5, 0.6) is 0 Å². The van der Waals surface area contributed by atoms with Gasteiger partial charge in [-0.3, -0.25) is 0 Å². The van der Waals surface area contributed by atoms with Crippen LogP contribution in [0.1, 0.15) is 72.2 Å². The molecule has 0 saturated carbocycles. The van der Waals surface area contributed by atoms with Crippen molar-refractivity contribution in [2.24, 2.45) is 0 Å². The number of rotatable bonds is 10. The number of carbonyl (C=O) groups is 2. The van der Waals surface area contributed by atoms with Crippen molar-refractivity contribution in [3.05, 3.63) is 71.3 Å². The first-order chi connectivity index (χ1) is 13.1. The Morgan fingerprint density at radius 2 is 1.48 bits per heavy atom. The summed E-state index contributed by atoms with van der Waals surface area (Å²) in [6.45, 7) is 4.22. The van der Waals surface area contributed by atoms with Gasteiger partial charge in [0.2, 0.25) is 0 Å². The highest BCUT2D eigenvalue weighted by molar-refractivity contribution is 6.03. The zero-order chi connectivity index (χ0) is 19.5. The molecular formula is C23H28O4. The molecule has 0 aromatic heterocycles. The summed E-state index contributed by atoms with van der Waals surface area (Å²) in [5, 5.41) is 0. The molecule has 0 fully saturated rings. The Balaban J connectivity index is 1.95. The van der Waals surface area contributed by atoms with Crippen molar-refractivity contribution in [1.82, 2.24) is 0 Å². The average molecular weight is 368 g/mol. The Hall–Kier alpha value is -2.62. The predicted molar refractivity (Wildman–Crippen MR) is 106 cm³/mol. The standard InChI is InChI=1S/C23H28O4/c1-3-4-5-7-12-18(2)27-23(25)21-16-11-10-15-20(21)22(24)26-17-19-13-8-6-9-14-19/h6,8-11,13-16,18H,3-5,7,12,17H2,1-2H3. The molecule has 0 aliphatic heterocycles. The minimum absolute atomic E-state index is 0.164. The molecule has 144 valence electrons. The number of hydrogen-bond acceptors (Lipinski definition) is 4. The number of carbonyl (C=O) groups excluding carboxylic acids is 2. The zero-order valence-electron chi connectivity index (χ0n) is 16.1. The largest absolute Gasteiger partial charge is 0.459 e. The SMILES string of the molecule is CCCCCCC(C)OC(=O)c1ccccc1C(=O)OCc1ccccc1. The summed E-state index contributed by atoms with van der Waals surface area (Å²) in [6, 6.07) is 16.1. The third kappa shape index (κ3) is 6.89. The summed E-state index contributed by atoms with van der Waals surface area (Å²) in [7, 11) is 0. The van der Waals surface area contributed by atoms with Crippen LogP contribution in [0, 0.1) is 0 Å². The van der Waals surface area contributed by atoms with Crippen LogP contribution in [0.15, 0.2) is 54.6 Å². The second-order valence-electron chi connectivity index (χ2n) is 6.67. The number of hydrogen-bond donors (Lipinski definition) is 0. The van der Waals surface area contributed by atoms with E-state index in [1.807, 2.05) is 37.3 Å². The molecule has 2 aromatic carbocycles. The summed E-state index contributed by atoms with van der Waals surface area (Å²) in [6.07, 6.45) is 5.18. The highest BCUT2D eigenvalue weighted by atomic mass is 16.5. The lowest BCUT2D eigenvalue weighted by molar-refractivity contribution is 0.0305. The van der Waals surface area contributed by atoms with E-state index < -0.39 is 11.9 Å². The van der Waals surface area contributed by atoms with E-state index in [0.717, 1.165) is 24.8 Å². The molecule has 0 heterocycles. The van der Waals surface area contributed by atoms with Gasteiger partial charge in [0.15, 0.2) is 0 Å². The van der Waals surface area contributed by atoms with E-state index >= 15 is 0 Å². The number of benzene rings is 2. The van der Waals surface area contributed by atoms with E-state index in [4.69, 9.17) is 9.47 Å². The maximum absolute atomic E-state index is 12.5. The quantitative estimate of drug-likeness (QED) is 0.407. The Bertz CT molecular complexity index is 724. The molecule has 2 rings (SSSR count). The van der Waals surface area contributed by atoms with E-state index in [2.05, 4.69) is 6.92 Å². The van der Waals surface area contributed by atoms with Gasteiger partial charge < -0.3 is 9.47 Å². The van der Waals surface area contributed by atoms with E-state index in [1.165, 1.54) is 12.8 Å². The fraction of sp³-hybridized carbons (Fsp3) is 0.391. The van der Waals surface area contributed by atoms with Gasteiger partial charge in [0, 0.05) is 0 Å². The molecule has 0 spiro atoms. The van der Waals surface area contributed by atoms with Gasteiger partial charge in [0.05, 0.1) is 17.2 Å². The maximum Gasteiger partial charge on any atom is 0.339 e. The smallest absolute Gasteiger partial charge is 0.339 e. The Morgan fingerprint density at radius 1 is 0.852 bits per heavy atom. The van der Waals surface area contributed by atoms with Crippen LogP contribution < -0.4 is 0 Å². The summed E-state index contributed by atoms with van der Waals surface area (Å²) in [4.78, 5) is 25.0. The topological polar surface area (TPSA) is 52.6 Å². The summed E-state index contributed by atoms with van der Waals surface area (Å²) < 4.78 is 10.9. The van der Waals surface area contributed by atoms with E-state index in [9.17, 15) is 9.59 Å². The molecule has 1 unspecified atom stereocenters. The predicted octanol–water partition coefficient (Wildman–Crippen LogP) is 5.56. The maximum atomic E-state index is 12.5. The van der Waals surface area contributed by atoms with Gasteiger partial charge >= 0.3 is 11.9 Å². The zero-order valence-corrected chi connectivity index (χ0v) is 16.1. The van der Waals surface area contributed by atoms with Gasteiger partial charge in [-0.2, -0.15) is 0 Å². The molecule has 0 radical (unpaired) electrons. The molecule has 0 aliphatic carbocycles. The molecule has 4 heteroatoms. The normalized spacial score (nSPS) is 11.6. The van der Waals surface area contributed by atoms with Crippen LogP contribution in [-0.4, -0.2) is 18.0 Å². The first-order valence-corrected chi connectivity index (χ1v) is 9.63. The molecule has 0 aliphatic rings. The highest BCUT2D eigenvalue weighted by Gasteiger charge is 2.20. The van der Waals surface area contributed by atoms with Crippen molar-refractivity contribution in [2.45, 2.75) is 58.7 Å². The van der Waals surface area contributed by atoms with Gasteiger partial charge in [-0.05, 0) is 37.5 Å². The van der Waals surface area contributed by atoms with Gasteiger partial charge in [-0.15, -0.1) is 0 Å². The van der Waals surface area contributed by atoms with Gasteiger partial charge in [-0.25, -0.2) is 9.59 Å². The Morgan fingerprint density at radius 3 is 2.15 bits per heavy atom. The number of ether oxygens (including phenoxy) is 2. The molecular weight excluding hydrogens is 340 g/mol. The third-order valence-corrected chi connectivity index (χ3v) is 4.35. The Labute approximate surface area is 161 Å². The van der Waals surface area contributed by atoms with Crippen LogP contribution in [0.3, 0.4) is 0 Å². The lowest BCUT2D eigenvalue weighted by atomic mass is 10.1. The minimum atomic E-state index is -0.526. The van der Waals surface area contributed by atoms with Crippen molar-refractivity contribution >= 4 is 11.9 Å². The second kappa shape index (κ2) is 11.2. The van der Waals surface area contributed by atoms with Gasteiger partial charge in [0.25, 0.3) is 0 Å².